The van der Waals surface area contributed by atoms with Crippen molar-refractivity contribution in [3.63, 3.8) is 0 Å². The van der Waals surface area contributed by atoms with Gasteiger partial charge >= 0.3 is 0 Å². The molecule has 0 bridgehead atoms. The number of hydrogen-bond donors (Lipinski definition) is 0. The van der Waals surface area contributed by atoms with Crippen molar-refractivity contribution in [1.29, 1.82) is 0 Å². The fourth-order valence-corrected chi connectivity index (χ4v) is 4.76. The lowest BCUT2D eigenvalue weighted by molar-refractivity contribution is -0.384. The predicted molar refractivity (Wildman–Crippen MR) is 123 cm³/mol. The summed E-state index contributed by atoms with van der Waals surface area (Å²) in [5.74, 6) is -2.73. The topological polar surface area (TPSA) is 127 Å². The molecule has 3 amide bonds. The lowest BCUT2D eigenvalue weighted by Gasteiger charge is -2.34. The Labute approximate surface area is 201 Å². The maximum Gasteiger partial charge on any atom is 0.273 e. The van der Waals surface area contributed by atoms with Crippen LogP contribution in [0.15, 0.2) is 48.5 Å². The molecule has 4 rings (SSSR count). The Balaban J connectivity index is 1.73. The van der Waals surface area contributed by atoms with Gasteiger partial charge in [-0.25, -0.2) is 5.01 Å². The molecule has 1 heterocycles. The molecule has 2 fully saturated rings. The number of carbonyl (C=O) groups is 4. The van der Waals surface area contributed by atoms with Crippen LogP contribution in [-0.4, -0.2) is 51.6 Å². The Hall–Kier alpha value is -4.08. The van der Waals surface area contributed by atoms with Crippen LogP contribution in [0.5, 0.6) is 5.75 Å². The zero-order chi connectivity index (χ0) is 25.3. The first-order valence-electron chi connectivity index (χ1n) is 11.4. The first-order chi connectivity index (χ1) is 16.7. The summed E-state index contributed by atoms with van der Waals surface area (Å²) < 4.78 is 5.12. The second-order valence-electron chi connectivity index (χ2n) is 8.71. The van der Waals surface area contributed by atoms with Crippen LogP contribution in [0.4, 0.5) is 5.69 Å². The van der Waals surface area contributed by atoms with Gasteiger partial charge in [-0.1, -0.05) is 12.8 Å². The highest BCUT2D eigenvalue weighted by atomic mass is 16.6. The fourth-order valence-electron chi connectivity index (χ4n) is 4.76. The van der Waals surface area contributed by atoms with Crippen molar-refractivity contribution in [1.82, 2.24) is 10.0 Å². The van der Waals surface area contributed by atoms with Gasteiger partial charge in [0.25, 0.3) is 23.4 Å². The summed E-state index contributed by atoms with van der Waals surface area (Å²) >= 11 is 0. The summed E-state index contributed by atoms with van der Waals surface area (Å²) in [5, 5.41) is 12.8. The first kappa shape index (κ1) is 24.1. The number of ether oxygens (including phenoxy) is 1. The van der Waals surface area contributed by atoms with Crippen molar-refractivity contribution >= 4 is 29.2 Å². The van der Waals surface area contributed by atoms with E-state index >= 15 is 0 Å². The highest BCUT2D eigenvalue weighted by Gasteiger charge is 2.53. The van der Waals surface area contributed by atoms with E-state index in [2.05, 4.69) is 0 Å². The van der Waals surface area contributed by atoms with E-state index in [-0.39, 0.29) is 16.8 Å². The summed E-state index contributed by atoms with van der Waals surface area (Å²) in [6.45, 7) is 1.46. The van der Waals surface area contributed by atoms with Gasteiger partial charge in [0.15, 0.2) is 5.78 Å². The minimum absolute atomic E-state index is 0.0143. The van der Waals surface area contributed by atoms with Gasteiger partial charge in [-0.3, -0.25) is 29.3 Å². The summed E-state index contributed by atoms with van der Waals surface area (Å²) in [7, 11) is 1.49. The molecule has 1 aliphatic heterocycles. The third-order valence-corrected chi connectivity index (χ3v) is 6.69. The molecule has 0 spiro atoms. The van der Waals surface area contributed by atoms with Crippen molar-refractivity contribution in [3.8, 4) is 5.75 Å². The normalized spacial score (nSPS) is 20.2. The highest BCUT2D eigenvalue weighted by Crippen LogP contribution is 2.39. The van der Waals surface area contributed by atoms with E-state index in [1.54, 1.807) is 24.3 Å². The monoisotopic (exact) mass is 479 g/mol. The minimum Gasteiger partial charge on any atom is -0.497 e. The summed E-state index contributed by atoms with van der Waals surface area (Å²) in [6.07, 6.45) is 2.72. The highest BCUT2D eigenvalue weighted by molar-refractivity contribution is 6.10. The molecule has 0 radical (unpaired) electrons. The van der Waals surface area contributed by atoms with Gasteiger partial charge in [-0.2, -0.15) is 5.01 Å². The van der Waals surface area contributed by atoms with E-state index in [1.165, 1.54) is 26.2 Å². The number of rotatable bonds is 7. The minimum atomic E-state index is -1.20. The van der Waals surface area contributed by atoms with E-state index in [0.29, 0.717) is 18.6 Å². The standard InChI is InChI=1S/C25H25N3O7/c1-15(22(29)16-9-13-19(35-2)14-10-16)26(23(30)17-7-11-18(12-8-17)28(33)34)27-24(31)20-5-3-4-6-21(20)25(27)32/h7-15,20-21H,3-6H2,1-2H3/t15-,20+,21+/m0/s1. The van der Waals surface area contributed by atoms with E-state index < -0.39 is 46.3 Å². The summed E-state index contributed by atoms with van der Waals surface area (Å²) in [5.41, 5.74) is 0.0755. The fraction of sp³-hybridized carbons (Fsp3) is 0.360. The van der Waals surface area contributed by atoms with Gasteiger partial charge in [-0.05, 0) is 56.2 Å². The Bertz CT molecular complexity index is 1150. The van der Waals surface area contributed by atoms with Crippen LogP contribution in [0.3, 0.4) is 0 Å². The van der Waals surface area contributed by atoms with Crippen LogP contribution < -0.4 is 4.74 Å². The third kappa shape index (κ3) is 4.39. The lowest BCUT2D eigenvalue weighted by atomic mass is 9.81. The molecule has 2 aromatic rings. The van der Waals surface area contributed by atoms with E-state index in [4.69, 9.17) is 4.74 Å². The van der Waals surface area contributed by atoms with Crippen molar-refractivity contribution in [2.75, 3.05) is 7.11 Å². The first-order valence-corrected chi connectivity index (χ1v) is 11.4. The summed E-state index contributed by atoms with van der Waals surface area (Å²) in [6, 6.07) is 9.90. The number of carbonyl (C=O) groups excluding carboxylic acids is 4. The number of fused-ring (bicyclic) bond motifs is 1. The van der Waals surface area contributed by atoms with Crippen LogP contribution in [-0.2, 0) is 9.59 Å². The Kier molecular flexibility index (Phi) is 6.63. The van der Waals surface area contributed by atoms with Crippen molar-refractivity contribution in [3.05, 3.63) is 69.8 Å². The molecule has 1 saturated heterocycles. The van der Waals surface area contributed by atoms with Crippen molar-refractivity contribution in [2.24, 2.45) is 11.8 Å². The van der Waals surface area contributed by atoms with E-state index in [1.807, 2.05) is 0 Å². The smallest absolute Gasteiger partial charge is 0.273 e. The van der Waals surface area contributed by atoms with Crippen molar-refractivity contribution in [2.45, 2.75) is 38.6 Å². The molecule has 182 valence electrons. The molecular formula is C25H25N3O7. The number of nitrogens with zero attached hydrogens (tertiary/aromatic N) is 3. The number of nitro groups is 1. The van der Waals surface area contributed by atoms with Gasteiger partial charge in [0.05, 0.1) is 23.9 Å². The number of ketones is 1. The maximum absolute atomic E-state index is 13.6. The second-order valence-corrected chi connectivity index (χ2v) is 8.71. The zero-order valence-electron chi connectivity index (χ0n) is 19.4. The molecule has 10 heteroatoms. The molecule has 0 N–H and O–H groups in total. The number of amides is 3. The third-order valence-electron chi connectivity index (χ3n) is 6.69. The zero-order valence-corrected chi connectivity index (χ0v) is 19.4. The molecule has 0 unspecified atom stereocenters. The largest absolute Gasteiger partial charge is 0.497 e. The number of Topliss-reactive ketones (excluding diaryl/α,β-unsaturated/α-hetero) is 1. The Morgan fingerprint density at radius 3 is 1.97 bits per heavy atom. The molecular weight excluding hydrogens is 454 g/mol. The second kappa shape index (κ2) is 9.65. The SMILES string of the molecule is COc1ccc(C(=O)[C@H](C)N(C(=O)c2ccc([N+](=O)[O-])cc2)N2C(=O)[C@@H]3CCCC[C@H]3C2=O)cc1. The average molecular weight is 479 g/mol. The number of hydrogen-bond acceptors (Lipinski definition) is 7. The van der Waals surface area contributed by atoms with Crippen LogP contribution in [0.1, 0.15) is 53.3 Å². The van der Waals surface area contributed by atoms with Gasteiger partial charge in [0.2, 0.25) is 0 Å². The van der Waals surface area contributed by atoms with Gasteiger partial charge in [-0.15, -0.1) is 0 Å². The number of imide groups is 1. The quantitative estimate of drug-likeness (QED) is 0.258. The molecule has 1 aliphatic carbocycles. The van der Waals surface area contributed by atoms with Gasteiger partial charge in [0.1, 0.15) is 11.8 Å². The molecule has 0 aromatic heterocycles. The molecule has 10 nitrogen and oxygen atoms in total. The summed E-state index contributed by atoms with van der Waals surface area (Å²) in [4.78, 5) is 64.0. The number of hydrazine groups is 1. The van der Waals surface area contributed by atoms with Crippen LogP contribution in [0.25, 0.3) is 0 Å². The molecule has 2 aromatic carbocycles. The number of benzene rings is 2. The van der Waals surface area contributed by atoms with E-state index in [0.717, 1.165) is 35.0 Å². The number of nitro benzene ring substituents is 1. The van der Waals surface area contributed by atoms with Gasteiger partial charge in [0, 0.05) is 23.3 Å². The van der Waals surface area contributed by atoms with Crippen LogP contribution in [0.2, 0.25) is 0 Å². The molecule has 2 aliphatic rings. The molecule has 3 atom stereocenters. The predicted octanol–water partition coefficient (Wildman–Crippen LogP) is 3.41. The Morgan fingerprint density at radius 2 is 1.49 bits per heavy atom. The molecule has 1 saturated carbocycles. The van der Waals surface area contributed by atoms with Crippen LogP contribution >= 0.6 is 0 Å². The lowest BCUT2D eigenvalue weighted by Crippen LogP contribution is -2.56. The number of methoxy groups -OCH3 is 1. The Morgan fingerprint density at radius 1 is 0.971 bits per heavy atom. The van der Waals surface area contributed by atoms with Gasteiger partial charge < -0.3 is 4.74 Å². The van der Waals surface area contributed by atoms with E-state index in [9.17, 15) is 29.3 Å². The van der Waals surface area contributed by atoms with Crippen molar-refractivity contribution < 1.29 is 28.8 Å². The van der Waals surface area contributed by atoms with Crippen LogP contribution in [0, 0.1) is 22.0 Å². The maximum atomic E-state index is 13.6. The average Bonchev–Trinajstić information content (AvgIpc) is 3.13. The molecule has 35 heavy (non-hydrogen) atoms. The number of non-ortho nitro benzene ring substituents is 1.